The smallest absolute Gasteiger partial charge is 0.320 e. The summed E-state index contributed by atoms with van der Waals surface area (Å²) in [5.74, 6) is -0.442. The zero-order valence-corrected chi connectivity index (χ0v) is 11.0. The molecular weight excluding hydrogens is 260 g/mol. The van der Waals surface area contributed by atoms with E-state index in [1.807, 2.05) is 24.3 Å². The van der Waals surface area contributed by atoms with E-state index >= 15 is 0 Å². The monoisotopic (exact) mass is 276 g/mol. The Morgan fingerprint density at radius 1 is 1.20 bits per heavy atom. The van der Waals surface area contributed by atoms with Gasteiger partial charge in [0.1, 0.15) is 12.4 Å². The number of carboxylic acid groups (broad SMARTS) is 1. The van der Waals surface area contributed by atoms with Crippen molar-refractivity contribution in [3.05, 3.63) is 29.8 Å². The maximum absolute atomic E-state index is 12.3. The summed E-state index contributed by atoms with van der Waals surface area (Å²) in [6, 6.07) is 7.55. The van der Waals surface area contributed by atoms with E-state index < -0.39 is 11.9 Å². The van der Waals surface area contributed by atoms with Crippen molar-refractivity contribution in [3.63, 3.8) is 0 Å². The van der Waals surface area contributed by atoms with Crippen molar-refractivity contribution < 1.29 is 19.4 Å². The topological polar surface area (TPSA) is 70.1 Å². The molecule has 0 radical (unpaired) electrons. The van der Waals surface area contributed by atoms with Gasteiger partial charge in [0.05, 0.1) is 19.0 Å². The van der Waals surface area contributed by atoms with Crippen molar-refractivity contribution in [2.45, 2.75) is 6.54 Å². The summed E-state index contributed by atoms with van der Waals surface area (Å²) in [5.41, 5.74) is 0.980. The number of aliphatic carboxylic acids is 1. The van der Waals surface area contributed by atoms with Crippen LogP contribution < -0.4 is 4.74 Å². The Bertz CT molecular complexity index is 540. The third-order valence-electron chi connectivity index (χ3n) is 3.72. The highest BCUT2D eigenvalue weighted by atomic mass is 16.5. The molecular formula is C14H16N2O4. The Morgan fingerprint density at radius 2 is 1.95 bits per heavy atom. The van der Waals surface area contributed by atoms with Crippen LogP contribution in [0.3, 0.4) is 0 Å². The molecule has 2 heterocycles. The average molecular weight is 276 g/mol. The average Bonchev–Trinajstić information content (AvgIpc) is 2.58. The molecule has 0 saturated carbocycles. The number of benzene rings is 1. The molecule has 0 bridgehead atoms. The van der Waals surface area contributed by atoms with E-state index in [1.54, 1.807) is 9.80 Å². The fourth-order valence-corrected chi connectivity index (χ4v) is 2.48. The Hall–Kier alpha value is -2.24. The number of amides is 2. The molecule has 106 valence electrons. The van der Waals surface area contributed by atoms with Gasteiger partial charge in [0, 0.05) is 18.7 Å². The van der Waals surface area contributed by atoms with Crippen LogP contribution in [0.5, 0.6) is 5.75 Å². The van der Waals surface area contributed by atoms with E-state index in [-0.39, 0.29) is 6.03 Å². The molecule has 1 saturated heterocycles. The molecule has 1 N–H and O–H groups in total. The van der Waals surface area contributed by atoms with E-state index in [0.717, 1.165) is 11.3 Å². The van der Waals surface area contributed by atoms with Crippen molar-refractivity contribution in [1.29, 1.82) is 0 Å². The first-order chi connectivity index (χ1) is 9.65. The summed E-state index contributed by atoms with van der Waals surface area (Å²) in [6.45, 7) is 2.07. The van der Waals surface area contributed by atoms with Gasteiger partial charge in [-0.3, -0.25) is 4.79 Å². The van der Waals surface area contributed by atoms with E-state index in [9.17, 15) is 9.59 Å². The van der Waals surface area contributed by atoms with Gasteiger partial charge in [0.2, 0.25) is 0 Å². The number of hydrogen-bond acceptors (Lipinski definition) is 3. The van der Waals surface area contributed by atoms with Crippen molar-refractivity contribution in [2.24, 2.45) is 5.92 Å². The minimum absolute atomic E-state index is 0.109. The number of para-hydroxylation sites is 1. The summed E-state index contributed by atoms with van der Waals surface area (Å²) in [7, 11) is 0. The molecule has 2 amide bonds. The predicted octanol–water partition coefficient (Wildman–Crippen LogP) is 1.02. The predicted molar refractivity (Wildman–Crippen MR) is 70.4 cm³/mol. The van der Waals surface area contributed by atoms with Gasteiger partial charge >= 0.3 is 12.0 Å². The second kappa shape index (κ2) is 5.03. The number of urea groups is 1. The lowest BCUT2D eigenvalue weighted by atomic mass is 10.0. The molecule has 6 heteroatoms. The minimum Gasteiger partial charge on any atom is -0.491 e. The van der Waals surface area contributed by atoms with E-state index in [1.165, 1.54) is 0 Å². The van der Waals surface area contributed by atoms with Crippen LogP contribution in [0.4, 0.5) is 4.79 Å². The molecule has 0 aromatic heterocycles. The Balaban J connectivity index is 1.66. The Labute approximate surface area is 116 Å². The lowest BCUT2D eigenvalue weighted by Crippen LogP contribution is -2.57. The van der Waals surface area contributed by atoms with Gasteiger partial charge in [-0.25, -0.2) is 4.79 Å². The zero-order chi connectivity index (χ0) is 14.1. The number of fused-ring (bicyclic) bond motifs is 1. The van der Waals surface area contributed by atoms with E-state index in [2.05, 4.69) is 0 Å². The summed E-state index contributed by atoms with van der Waals surface area (Å²) in [6.07, 6.45) is 0. The summed E-state index contributed by atoms with van der Waals surface area (Å²) < 4.78 is 5.61. The normalized spacial score (nSPS) is 18.6. The molecule has 20 heavy (non-hydrogen) atoms. The lowest BCUT2D eigenvalue weighted by molar-refractivity contribution is -0.146. The Morgan fingerprint density at radius 3 is 2.70 bits per heavy atom. The number of ether oxygens (including phenoxy) is 1. The van der Waals surface area contributed by atoms with Gasteiger partial charge < -0.3 is 19.6 Å². The second-order valence-electron chi connectivity index (χ2n) is 5.10. The molecule has 1 fully saturated rings. The largest absolute Gasteiger partial charge is 0.491 e. The van der Waals surface area contributed by atoms with E-state index in [4.69, 9.17) is 9.84 Å². The van der Waals surface area contributed by atoms with Gasteiger partial charge in [-0.1, -0.05) is 18.2 Å². The highest BCUT2D eigenvalue weighted by Gasteiger charge is 2.37. The fraction of sp³-hybridized carbons (Fsp3) is 0.429. The van der Waals surface area contributed by atoms with Crippen LogP contribution in [0.25, 0.3) is 0 Å². The lowest BCUT2D eigenvalue weighted by Gasteiger charge is -2.39. The van der Waals surface area contributed by atoms with Crippen LogP contribution in [-0.4, -0.2) is 53.1 Å². The van der Waals surface area contributed by atoms with Gasteiger partial charge in [-0.15, -0.1) is 0 Å². The van der Waals surface area contributed by atoms with Crippen LogP contribution in [0.2, 0.25) is 0 Å². The van der Waals surface area contributed by atoms with Crippen molar-refractivity contribution in [2.75, 3.05) is 26.2 Å². The first-order valence-electron chi connectivity index (χ1n) is 6.62. The molecule has 0 atom stereocenters. The summed E-state index contributed by atoms with van der Waals surface area (Å²) >= 11 is 0. The van der Waals surface area contributed by atoms with Gasteiger partial charge in [0.15, 0.2) is 0 Å². The van der Waals surface area contributed by atoms with E-state index in [0.29, 0.717) is 32.8 Å². The molecule has 0 spiro atoms. The molecule has 3 rings (SSSR count). The fourth-order valence-electron chi connectivity index (χ4n) is 2.48. The van der Waals surface area contributed by atoms with Crippen molar-refractivity contribution >= 4 is 12.0 Å². The number of rotatable bonds is 1. The minimum atomic E-state index is -0.835. The Kier molecular flexibility index (Phi) is 3.22. The maximum Gasteiger partial charge on any atom is 0.320 e. The number of carbonyl (C=O) groups is 2. The highest BCUT2D eigenvalue weighted by molar-refractivity contribution is 5.80. The molecule has 1 aromatic rings. The van der Waals surface area contributed by atoms with Crippen LogP contribution in [0.15, 0.2) is 24.3 Å². The molecule has 2 aliphatic heterocycles. The van der Waals surface area contributed by atoms with Crippen molar-refractivity contribution in [1.82, 2.24) is 9.80 Å². The standard InChI is InChI=1S/C14H16N2O4/c17-13(18)11-8-16(9-11)14(19)15-5-6-20-12-4-2-1-3-10(12)7-15/h1-4,11H,5-9H2,(H,17,18). The maximum atomic E-state index is 12.3. The number of likely N-dealkylation sites (tertiary alicyclic amines) is 1. The third-order valence-corrected chi connectivity index (χ3v) is 3.72. The molecule has 0 aliphatic carbocycles. The van der Waals surface area contributed by atoms with Gasteiger partial charge in [-0.2, -0.15) is 0 Å². The van der Waals surface area contributed by atoms with Crippen LogP contribution >= 0.6 is 0 Å². The quantitative estimate of drug-likeness (QED) is 0.831. The molecule has 2 aliphatic rings. The molecule has 0 unspecified atom stereocenters. The van der Waals surface area contributed by atoms with Crippen LogP contribution in [0, 0.1) is 5.92 Å². The summed E-state index contributed by atoms with van der Waals surface area (Å²) in [4.78, 5) is 26.4. The highest BCUT2D eigenvalue weighted by Crippen LogP contribution is 2.24. The SMILES string of the molecule is O=C(O)C1CN(C(=O)N2CCOc3ccccc3C2)C1. The van der Waals surface area contributed by atoms with Gasteiger partial charge in [-0.05, 0) is 6.07 Å². The third kappa shape index (κ3) is 2.29. The molecule has 6 nitrogen and oxygen atoms in total. The second-order valence-corrected chi connectivity index (χ2v) is 5.10. The van der Waals surface area contributed by atoms with Crippen LogP contribution in [-0.2, 0) is 11.3 Å². The van der Waals surface area contributed by atoms with Crippen LogP contribution in [0.1, 0.15) is 5.56 Å². The number of nitrogens with zero attached hydrogens (tertiary/aromatic N) is 2. The van der Waals surface area contributed by atoms with Gasteiger partial charge in [0.25, 0.3) is 0 Å². The number of carboxylic acids is 1. The first-order valence-corrected chi connectivity index (χ1v) is 6.62. The summed E-state index contributed by atoms with van der Waals surface area (Å²) in [5, 5.41) is 8.85. The number of carbonyl (C=O) groups excluding carboxylic acids is 1. The first kappa shape index (κ1) is 12.8. The van der Waals surface area contributed by atoms with Crippen molar-refractivity contribution in [3.8, 4) is 5.75 Å². The molecule has 1 aromatic carbocycles. The zero-order valence-electron chi connectivity index (χ0n) is 11.0. The number of hydrogen-bond donors (Lipinski definition) is 1.